The van der Waals surface area contributed by atoms with E-state index >= 15 is 0 Å². The molecule has 1 heterocycles. The number of nitrogens with zero attached hydrogens (tertiary/aromatic N) is 2. The predicted octanol–water partition coefficient (Wildman–Crippen LogP) is 4.52. The third kappa shape index (κ3) is 3.34. The van der Waals surface area contributed by atoms with E-state index in [1.807, 2.05) is 25.1 Å². The van der Waals surface area contributed by atoms with Crippen molar-refractivity contribution in [1.82, 2.24) is 9.55 Å². The molecule has 3 nitrogen and oxygen atoms in total. The third-order valence-electron chi connectivity index (χ3n) is 3.29. The average molecular weight is 292 g/mol. The smallest absolute Gasteiger partial charge is 0.203 e. The molecule has 0 saturated carbocycles. The lowest BCUT2D eigenvalue weighted by molar-refractivity contribution is 0.628. The molecule has 2 rings (SSSR count). The summed E-state index contributed by atoms with van der Waals surface area (Å²) in [5.41, 5.74) is 2.12. The monoisotopic (exact) mass is 291 g/mol. The minimum Gasteiger partial charge on any atom is -0.355 e. The molecule has 0 bridgehead atoms. The zero-order valence-corrected chi connectivity index (χ0v) is 13.3. The first-order valence-electron chi connectivity index (χ1n) is 7.02. The van der Waals surface area contributed by atoms with E-state index in [0.717, 1.165) is 28.8 Å². The van der Waals surface area contributed by atoms with E-state index in [9.17, 15) is 0 Å². The SMILES string of the molecule is Cc1cn(C(C)c2ccccc2Cl)c(NCC(C)C)n1. The molecule has 0 radical (unpaired) electrons. The lowest BCUT2D eigenvalue weighted by Crippen LogP contribution is -2.15. The van der Waals surface area contributed by atoms with Gasteiger partial charge in [-0.05, 0) is 31.4 Å². The summed E-state index contributed by atoms with van der Waals surface area (Å²) in [7, 11) is 0. The Hall–Kier alpha value is -1.48. The van der Waals surface area contributed by atoms with Gasteiger partial charge in [-0.1, -0.05) is 43.6 Å². The Bertz CT molecular complexity index is 575. The molecule has 0 amide bonds. The van der Waals surface area contributed by atoms with Crippen molar-refractivity contribution >= 4 is 17.5 Å². The molecule has 1 atom stereocenters. The normalized spacial score (nSPS) is 12.7. The van der Waals surface area contributed by atoms with Crippen molar-refractivity contribution in [2.24, 2.45) is 5.92 Å². The van der Waals surface area contributed by atoms with Gasteiger partial charge in [0.15, 0.2) is 0 Å². The minimum atomic E-state index is 0.152. The van der Waals surface area contributed by atoms with Gasteiger partial charge in [0.25, 0.3) is 0 Å². The van der Waals surface area contributed by atoms with E-state index < -0.39 is 0 Å². The van der Waals surface area contributed by atoms with Crippen LogP contribution in [-0.4, -0.2) is 16.1 Å². The first-order valence-corrected chi connectivity index (χ1v) is 7.40. The topological polar surface area (TPSA) is 29.9 Å². The molecule has 0 aliphatic carbocycles. The van der Waals surface area contributed by atoms with Crippen LogP contribution in [0.3, 0.4) is 0 Å². The second kappa shape index (κ2) is 6.31. The number of rotatable bonds is 5. The predicted molar refractivity (Wildman–Crippen MR) is 85.6 cm³/mol. The van der Waals surface area contributed by atoms with Gasteiger partial charge >= 0.3 is 0 Å². The molecular formula is C16H22ClN3. The van der Waals surface area contributed by atoms with Gasteiger partial charge in [-0.2, -0.15) is 0 Å². The highest BCUT2D eigenvalue weighted by atomic mass is 35.5. The molecule has 0 aliphatic heterocycles. The summed E-state index contributed by atoms with van der Waals surface area (Å²) >= 11 is 6.30. The molecule has 20 heavy (non-hydrogen) atoms. The van der Waals surface area contributed by atoms with Crippen molar-refractivity contribution < 1.29 is 0 Å². The first kappa shape index (κ1) is 14.9. The quantitative estimate of drug-likeness (QED) is 0.877. The number of benzene rings is 1. The molecule has 0 aliphatic rings. The Kier molecular flexibility index (Phi) is 4.71. The Morgan fingerprint density at radius 1 is 1.25 bits per heavy atom. The fourth-order valence-corrected chi connectivity index (χ4v) is 2.49. The van der Waals surface area contributed by atoms with E-state index in [-0.39, 0.29) is 6.04 Å². The van der Waals surface area contributed by atoms with Gasteiger partial charge in [-0.25, -0.2) is 4.98 Å². The van der Waals surface area contributed by atoms with Crippen molar-refractivity contribution in [2.75, 3.05) is 11.9 Å². The molecule has 0 fully saturated rings. The number of nitrogens with one attached hydrogen (secondary N) is 1. The van der Waals surface area contributed by atoms with E-state index in [1.54, 1.807) is 0 Å². The molecule has 1 N–H and O–H groups in total. The Morgan fingerprint density at radius 3 is 2.60 bits per heavy atom. The van der Waals surface area contributed by atoms with Crippen LogP contribution >= 0.6 is 11.6 Å². The van der Waals surface area contributed by atoms with Crippen molar-refractivity contribution in [1.29, 1.82) is 0 Å². The molecule has 1 aromatic carbocycles. The van der Waals surface area contributed by atoms with Gasteiger partial charge in [-0.3, -0.25) is 0 Å². The zero-order chi connectivity index (χ0) is 14.7. The first-order chi connectivity index (χ1) is 9.49. The fraction of sp³-hybridized carbons (Fsp3) is 0.438. The highest BCUT2D eigenvalue weighted by Crippen LogP contribution is 2.28. The van der Waals surface area contributed by atoms with Crippen LogP contribution in [0.5, 0.6) is 0 Å². The molecule has 0 spiro atoms. The van der Waals surface area contributed by atoms with E-state index in [0.29, 0.717) is 5.92 Å². The van der Waals surface area contributed by atoms with Crippen LogP contribution in [-0.2, 0) is 0 Å². The highest BCUT2D eigenvalue weighted by molar-refractivity contribution is 6.31. The number of imidazole rings is 1. The van der Waals surface area contributed by atoms with Gasteiger partial charge in [0.05, 0.1) is 11.7 Å². The third-order valence-corrected chi connectivity index (χ3v) is 3.64. The Labute approximate surface area is 126 Å². The second-order valence-corrected chi connectivity index (χ2v) is 5.99. The molecule has 0 saturated heterocycles. The number of aryl methyl sites for hydroxylation is 1. The lowest BCUT2D eigenvalue weighted by Gasteiger charge is -2.19. The van der Waals surface area contributed by atoms with Crippen LogP contribution < -0.4 is 5.32 Å². The summed E-state index contributed by atoms with van der Waals surface area (Å²) in [4.78, 5) is 4.57. The summed E-state index contributed by atoms with van der Waals surface area (Å²) in [6.07, 6.45) is 2.07. The van der Waals surface area contributed by atoms with Crippen molar-refractivity contribution in [3.63, 3.8) is 0 Å². The average Bonchev–Trinajstić information content (AvgIpc) is 2.77. The lowest BCUT2D eigenvalue weighted by atomic mass is 10.1. The van der Waals surface area contributed by atoms with Crippen LogP contribution in [0.25, 0.3) is 0 Å². The number of halogens is 1. The van der Waals surface area contributed by atoms with Crippen molar-refractivity contribution in [3.8, 4) is 0 Å². The van der Waals surface area contributed by atoms with Crippen LogP contribution in [0.1, 0.15) is 38.1 Å². The number of hydrogen-bond donors (Lipinski definition) is 1. The molecule has 1 unspecified atom stereocenters. The Balaban J connectivity index is 2.30. The number of aromatic nitrogens is 2. The van der Waals surface area contributed by atoms with Gasteiger partial charge < -0.3 is 9.88 Å². The summed E-state index contributed by atoms with van der Waals surface area (Å²) in [5.74, 6) is 1.49. The van der Waals surface area contributed by atoms with Gasteiger partial charge in [0.1, 0.15) is 0 Å². The van der Waals surface area contributed by atoms with Crippen molar-refractivity contribution in [3.05, 3.63) is 46.7 Å². The van der Waals surface area contributed by atoms with E-state index in [1.165, 1.54) is 0 Å². The number of anilines is 1. The van der Waals surface area contributed by atoms with Crippen molar-refractivity contribution in [2.45, 2.75) is 33.7 Å². The van der Waals surface area contributed by atoms with E-state index in [4.69, 9.17) is 11.6 Å². The summed E-state index contributed by atoms with van der Waals surface area (Å²) in [5, 5.41) is 4.21. The minimum absolute atomic E-state index is 0.152. The molecule has 4 heteroatoms. The summed E-state index contributed by atoms with van der Waals surface area (Å²) in [6.45, 7) is 9.43. The largest absolute Gasteiger partial charge is 0.355 e. The van der Waals surface area contributed by atoms with Crippen LogP contribution in [0, 0.1) is 12.8 Å². The standard InChI is InChI=1S/C16H22ClN3/c1-11(2)9-18-16-19-12(3)10-20(16)13(4)14-7-5-6-8-15(14)17/h5-8,10-11,13H,9H2,1-4H3,(H,18,19). The highest BCUT2D eigenvalue weighted by Gasteiger charge is 2.15. The van der Waals surface area contributed by atoms with Gasteiger partial charge in [-0.15, -0.1) is 0 Å². The van der Waals surface area contributed by atoms with Crippen LogP contribution in [0.4, 0.5) is 5.95 Å². The van der Waals surface area contributed by atoms with Crippen LogP contribution in [0.15, 0.2) is 30.5 Å². The molecule has 2 aromatic rings. The van der Waals surface area contributed by atoms with Crippen LogP contribution in [0.2, 0.25) is 5.02 Å². The molecular weight excluding hydrogens is 270 g/mol. The fourth-order valence-electron chi connectivity index (χ4n) is 2.20. The summed E-state index contributed by atoms with van der Waals surface area (Å²) < 4.78 is 2.15. The zero-order valence-electron chi connectivity index (χ0n) is 12.5. The maximum Gasteiger partial charge on any atom is 0.203 e. The Morgan fingerprint density at radius 2 is 1.95 bits per heavy atom. The van der Waals surface area contributed by atoms with E-state index in [2.05, 4.69) is 47.9 Å². The number of hydrogen-bond acceptors (Lipinski definition) is 2. The maximum atomic E-state index is 6.30. The molecule has 108 valence electrons. The second-order valence-electron chi connectivity index (χ2n) is 5.59. The van der Waals surface area contributed by atoms with Gasteiger partial charge in [0, 0.05) is 17.8 Å². The molecule has 1 aromatic heterocycles. The summed E-state index contributed by atoms with van der Waals surface area (Å²) in [6, 6.07) is 8.12. The maximum absolute atomic E-state index is 6.30. The van der Waals surface area contributed by atoms with Gasteiger partial charge in [0.2, 0.25) is 5.95 Å².